The average molecular weight is 244 g/mol. The number of carboxylic acids is 1. The Morgan fingerprint density at radius 3 is 2.29 bits per heavy atom. The van der Waals surface area contributed by atoms with E-state index >= 15 is 0 Å². The summed E-state index contributed by atoms with van der Waals surface area (Å²) in [5.74, 6) is -1.59. The first-order chi connectivity index (χ1) is 7.99. The van der Waals surface area contributed by atoms with Crippen molar-refractivity contribution in [1.82, 2.24) is 0 Å². The maximum atomic E-state index is 11.8. The fraction of sp³-hybridized carbons (Fsp3) is 0.833. The van der Waals surface area contributed by atoms with Gasteiger partial charge in [-0.05, 0) is 32.2 Å². The summed E-state index contributed by atoms with van der Waals surface area (Å²) < 4.78 is 0. The number of hydrogen-bond donors (Lipinski definition) is 3. The van der Waals surface area contributed by atoms with E-state index in [9.17, 15) is 9.59 Å². The minimum Gasteiger partial charge on any atom is -0.480 e. The van der Waals surface area contributed by atoms with Crippen molar-refractivity contribution in [2.24, 2.45) is 11.5 Å². The zero-order valence-electron chi connectivity index (χ0n) is 10.6. The van der Waals surface area contributed by atoms with E-state index in [0.29, 0.717) is 25.8 Å². The smallest absolute Gasteiger partial charge is 0.331 e. The SMILES string of the molecule is CCCCCC(=O)[C@](N)(CCCCN)C(=O)O. The normalized spacial score (nSPS) is 14.3. The van der Waals surface area contributed by atoms with E-state index in [1.54, 1.807) is 0 Å². The number of aliphatic carboxylic acids is 1. The van der Waals surface area contributed by atoms with Crippen molar-refractivity contribution in [1.29, 1.82) is 0 Å². The minimum absolute atomic E-state index is 0.171. The van der Waals surface area contributed by atoms with Crippen molar-refractivity contribution < 1.29 is 14.7 Å². The summed E-state index contributed by atoms with van der Waals surface area (Å²) in [4.78, 5) is 23.0. The molecule has 0 heterocycles. The van der Waals surface area contributed by atoms with Gasteiger partial charge in [-0.15, -0.1) is 0 Å². The zero-order valence-corrected chi connectivity index (χ0v) is 10.6. The highest BCUT2D eigenvalue weighted by Gasteiger charge is 2.40. The lowest BCUT2D eigenvalue weighted by molar-refractivity contribution is -0.148. The Morgan fingerprint density at radius 2 is 1.82 bits per heavy atom. The van der Waals surface area contributed by atoms with Crippen LogP contribution in [0.4, 0.5) is 0 Å². The molecule has 17 heavy (non-hydrogen) atoms. The maximum absolute atomic E-state index is 11.8. The van der Waals surface area contributed by atoms with Gasteiger partial charge in [-0.1, -0.05) is 19.8 Å². The van der Waals surface area contributed by atoms with Crippen LogP contribution in [0.25, 0.3) is 0 Å². The first-order valence-corrected chi connectivity index (χ1v) is 6.24. The van der Waals surface area contributed by atoms with Gasteiger partial charge in [0.1, 0.15) is 0 Å². The van der Waals surface area contributed by atoms with Gasteiger partial charge in [-0.3, -0.25) is 4.79 Å². The highest BCUT2D eigenvalue weighted by Crippen LogP contribution is 2.17. The highest BCUT2D eigenvalue weighted by atomic mass is 16.4. The number of ketones is 1. The summed E-state index contributed by atoms with van der Waals surface area (Å²) in [6, 6.07) is 0. The molecule has 0 amide bonds. The first kappa shape index (κ1) is 16.1. The predicted molar refractivity (Wildman–Crippen MR) is 66.6 cm³/mol. The van der Waals surface area contributed by atoms with Crippen LogP contribution in [0.15, 0.2) is 0 Å². The number of rotatable bonds is 10. The van der Waals surface area contributed by atoms with Crippen LogP contribution in [0.1, 0.15) is 51.9 Å². The molecule has 5 heteroatoms. The van der Waals surface area contributed by atoms with Gasteiger partial charge in [0.05, 0.1) is 0 Å². The summed E-state index contributed by atoms with van der Waals surface area (Å²) in [5.41, 5.74) is 9.33. The van der Waals surface area contributed by atoms with Crippen molar-refractivity contribution in [3.8, 4) is 0 Å². The van der Waals surface area contributed by atoms with Crippen molar-refractivity contribution in [3.05, 3.63) is 0 Å². The van der Waals surface area contributed by atoms with E-state index in [1.807, 2.05) is 6.92 Å². The molecule has 0 rings (SSSR count). The van der Waals surface area contributed by atoms with Gasteiger partial charge in [-0.2, -0.15) is 0 Å². The third-order valence-electron chi connectivity index (χ3n) is 2.91. The lowest BCUT2D eigenvalue weighted by Gasteiger charge is -2.23. The molecular weight excluding hydrogens is 220 g/mol. The molecule has 100 valence electrons. The predicted octanol–water partition coefficient (Wildman–Crippen LogP) is 1.05. The van der Waals surface area contributed by atoms with Crippen LogP contribution in [0.2, 0.25) is 0 Å². The van der Waals surface area contributed by atoms with Crippen LogP contribution < -0.4 is 11.5 Å². The largest absolute Gasteiger partial charge is 0.480 e. The van der Waals surface area contributed by atoms with Crippen molar-refractivity contribution in [3.63, 3.8) is 0 Å². The molecular formula is C12H24N2O3. The lowest BCUT2D eigenvalue weighted by Crippen LogP contribution is -2.54. The van der Waals surface area contributed by atoms with E-state index in [0.717, 1.165) is 12.8 Å². The summed E-state index contributed by atoms with van der Waals surface area (Å²) >= 11 is 0. The Hall–Kier alpha value is -0.940. The van der Waals surface area contributed by atoms with Gasteiger partial charge >= 0.3 is 5.97 Å². The Kier molecular flexibility index (Phi) is 7.74. The van der Waals surface area contributed by atoms with Gasteiger partial charge in [-0.25, -0.2) is 4.79 Å². The fourth-order valence-corrected chi connectivity index (χ4v) is 1.67. The molecule has 5 N–H and O–H groups in total. The molecule has 0 radical (unpaired) electrons. The third-order valence-corrected chi connectivity index (χ3v) is 2.91. The monoisotopic (exact) mass is 244 g/mol. The van der Waals surface area contributed by atoms with Crippen molar-refractivity contribution in [2.75, 3.05) is 6.54 Å². The second-order valence-corrected chi connectivity index (χ2v) is 4.40. The van der Waals surface area contributed by atoms with Crippen LogP contribution in [-0.2, 0) is 9.59 Å². The van der Waals surface area contributed by atoms with Crippen molar-refractivity contribution >= 4 is 11.8 Å². The van der Waals surface area contributed by atoms with E-state index in [2.05, 4.69) is 0 Å². The van der Waals surface area contributed by atoms with Crippen LogP contribution >= 0.6 is 0 Å². The second kappa shape index (κ2) is 8.20. The number of Topliss-reactive ketones (excluding diaryl/α,β-unsaturated/α-hetero) is 1. The number of unbranched alkanes of at least 4 members (excludes halogenated alkanes) is 3. The van der Waals surface area contributed by atoms with E-state index in [1.165, 1.54) is 0 Å². The van der Waals surface area contributed by atoms with Gasteiger partial charge in [0.25, 0.3) is 0 Å². The number of hydrogen-bond acceptors (Lipinski definition) is 4. The molecule has 0 bridgehead atoms. The van der Waals surface area contributed by atoms with Crippen LogP contribution in [0.5, 0.6) is 0 Å². The fourth-order valence-electron chi connectivity index (χ4n) is 1.67. The van der Waals surface area contributed by atoms with Crippen LogP contribution in [0.3, 0.4) is 0 Å². The maximum Gasteiger partial charge on any atom is 0.331 e. The van der Waals surface area contributed by atoms with E-state index in [4.69, 9.17) is 16.6 Å². The number of nitrogens with two attached hydrogens (primary N) is 2. The zero-order chi connectivity index (χ0) is 13.3. The molecule has 0 aromatic rings. The third kappa shape index (κ3) is 5.28. The molecule has 0 aromatic carbocycles. The Balaban J connectivity index is 4.36. The number of carboxylic acid groups (broad SMARTS) is 1. The van der Waals surface area contributed by atoms with Crippen LogP contribution in [0, 0.1) is 0 Å². The van der Waals surface area contributed by atoms with E-state index < -0.39 is 11.5 Å². The van der Waals surface area contributed by atoms with Gasteiger partial charge in [0, 0.05) is 6.42 Å². The van der Waals surface area contributed by atoms with E-state index in [-0.39, 0.29) is 18.6 Å². The summed E-state index contributed by atoms with van der Waals surface area (Å²) in [5, 5.41) is 9.08. The summed E-state index contributed by atoms with van der Waals surface area (Å²) in [6.45, 7) is 2.51. The summed E-state index contributed by atoms with van der Waals surface area (Å²) in [6.07, 6.45) is 4.30. The molecule has 0 aliphatic carbocycles. The number of carbonyl (C=O) groups is 2. The molecule has 0 fully saturated rings. The summed E-state index contributed by atoms with van der Waals surface area (Å²) in [7, 11) is 0. The molecule has 0 unspecified atom stereocenters. The van der Waals surface area contributed by atoms with Gasteiger partial charge < -0.3 is 16.6 Å². The molecule has 0 saturated heterocycles. The van der Waals surface area contributed by atoms with Gasteiger partial charge in [0.2, 0.25) is 0 Å². The molecule has 1 atom stereocenters. The van der Waals surface area contributed by atoms with Crippen LogP contribution in [-0.4, -0.2) is 28.9 Å². The molecule has 0 saturated carbocycles. The molecule has 0 aliphatic rings. The molecule has 0 spiro atoms. The standard InChI is InChI=1S/C12H24N2O3/c1-2-3-4-7-10(15)12(14,11(16)17)8-5-6-9-13/h2-9,13-14H2,1H3,(H,16,17)/t12-/m1/s1. The average Bonchev–Trinajstić information content (AvgIpc) is 2.29. The Bertz CT molecular complexity index is 256. The Labute approximate surface area is 103 Å². The quantitative estimate of drug-likeness (QED) is 0.393. The first-order valence-electron chi connectivity index (χ1n) is 6.24. The topological polar surface area (TPSA) is 106 Å². The second-order valence-electron chi connectivity index (χ2n) is 4.40. The molecule has 5 nitrogen and oxygen atoms in total. The highest BCUT2D eigenvalue weighted by molar-refractivity contribution is 6.07. The minimum atomic E-state index is -1.72. The molecule has 0 aliphatic heterocycles. The lowest BCUT2D eigenvalue weighted by atomic mass is 9.86. The molecule has 0 aromatic heterocycles. The Morgan fingerprint density at radius 1 is 1.18 bits per heavy atom. The number of carbonyl (C=O) groups excluding carboxylic acids is 1. The van der Waals surface area contributed by atoms with Crippen molar-refractivity contribution in [2.45, 2.75) is 57.4 Å². The van der Waals surface area contributed by atoms with Gasteiger partial charge in [0.15, 0.2) is 11.3 Å².